The molecule has 2 amide bonds. The molecule has 0 radical (unpaired) electrons. The average molecular weight is 438 g/mol. The number of phenols is 1. The minimum atomic E-state index is -0.469. The number of ether oxygens (including phenoxy) is 1. The Labute approximate surface area is 163 Å². The predicted molar refractivity (Wildman–Crippen MR) is 104 cm³/mol. The third kappa shape index (κ3) is 6.01. The fourth-order valence-corrected chi connectivity index (χ4v) is 2.55. The van der Waals surface area contributed by atoms with Gasteiger partial charge >= 0.3 is 0 Å². The second-order valence-electron chi connectivity index (χ2n) is 5.20. The minimum Gasteiger partial charge on any atom is -0.508 e. The van der Waals surface area contributed by atoms with E-state index in [4.69, 9.17) is 17.0 Å². The van der Waals surface area contributed by atoms with Crippen LogP contribution in [0.4, 0.5) is 0 Å². The molecule has 0 spiro atoms. The van der Waals surface area contributed by atoms with Crippen LogP contribution >= 0.6 is 28.1 Å². The lowest BCUT2D eigenvalue weighted by molar-refractivity contribution is -0.121. The Morgan fingerprint density at radius 1 is 1.15 bits per heavy atom. The van der Waals surface area contributed by atoms with Gasteiger partial charge in [0.1, 0.15) is 11.5 Å². The second kappa shape index (κ2) is 9.16. The molecular formula is C17H16BrN3O4S. The quantitative estimate of drug-likeness (QED) is 0.432. The molecule has 0 unspecified atom stereocenters. The standard InChI is InChI=1S/C17H16BrN3O4S/c1-10-8-12(18)4-7-14(10)25-9-15(23)19-17(26)21-20-16(24)11-2-5-13(22)6-3-11/h2-8,22H,9H2,1H3,(H,20,24)(H2,19,21,23,26). The smallest absolute Gasteiger partial charge is 0.269 e. The van der Waals surface area contributed by atoms with E-state index in [0.29, 0.717) is 11.3 Å². The van der Waals surface area contributed by atoms with Crippen LogP contribution in [0.5, 0.6) is 11.5 Å². The van der Waals surface area contributed by atoms with Crippen LogP contribution in [-0.4, -0.2) is 28.6 Å². The molecule has 0 saturated carbocycles. The van der Waals surface area contributed by atoms with E-state index in [0.717, 1.165) is 10.0 Å². The largest absolute Gasteiger partial charge is 0.508 e. The fraction of sp³-hybridized carbons (Fsp3) is 0.118. The van der Waals surface area contributed by atoms with Gasteiger partial charge in [0.25, 0.3) is 11.8 Å². The first-order valence-electron chi connectivity index (χ1n) is 7.43. The van der Waals surface area contributed by atoms with Crippen LogP contribution in [0.2, 0.25) is 0 Å². The van der Waals surface area contributed by atoms with Crippen LogP contribution in [0, 0.1) is 6.92 Å². The molecule has 0 heterocycles. The van der Waals surface area contributed by atoms with Gasteiger partial charge < -0.3 is 9.84 Å². The Bertz CT molecular complexity index is 827. The molecule has 136 valence electrons. The number of benzene rings is 2. The molecule has 2 rings (SSSR count). The van der Waals surface area contributed by atoms with E-state index in [-0.39, 0.29) is 17.5 Å². The molecule has 0 aliphatic carbocycles. The van der Waals surface area contributed by atoms with Crippen LogP contribution in [0.1, 0.15) is 15.9 Å². The summed E-state index contributed by atoms with van der Waals surface area (Å²) in [6, 6.07) is 11.1. The Kier molecular flexibility index (Phi) is 6.93. The number of hydrazine groups is 1. The third-order valence-corrected chi connectivity index (χ3v) is 3.87. The number of rotatable bonds is 4. The van der Waals surface area contributed by atoms with Crippen molar-refractivity contribution in [1.82, 2.24) is 16.2 Å². The van der Waals surface area contributed by atoms with E-state index >= 15 is 0 Å². The van der Waals surface area contributed by atoms with Gasteiger partial charge in [-0.25, -0.2) is 0 Å². The zero-order valence-corrected chi connectivity index (χ0v) is 16.1. The highest BCUT2D eigenvalue weighted by molar-refractivity contribution is 9.10. The summed E-state index contributed by atoms with van der Waals surface area (Å²) in [6.45, 7) is 1.64. The first kappa shape index (κ1) is 19.7. The average Bonchev–Trinajstić information content (AvgIpc) is 2.59. The molecule has 0 aliphatic rings. The lowest BCUT2D eigenvalue weighted by Gasteiger charge is -2.12. The number of thiocarbonyl (C=S) groups is 1. The highest BCUT2D eigenvalue weighted by atomic mass is 79.9. The molecule has 0 aliphatic heterocycles. The van der Waals surface area contributed by atoms with Gasteiger partial charge in [-0.2, -0.15) is 0 Å². The van der Waals surface area contributed by atoms with E-state index in [9.17, 15) is 14.7 Å². The van der Waals surface area contributed by atoms with Crippen molar-refractivity contribution in [3.05, 3.63) is 58.1 Å². The van der Waals surface area contributed by atoms with Gasteiger partial charge in [-0.1, -0.05) is 15.9 Å². The molecule has 4 N–H and O–H groups in total. The van der Waals surface area contributed by atoms with Crippen molar-refractivity contribution in [2.24, 2.45) is 0 Å². The third-order valence-electron chi connectivity index (χ3n) is 3.17. The first-order valence-corrected chi connectivity index (χ1v) is 8.63. The lowest BCUT2D eigenvalue weighted by Crippen LogP contribution is -2.49. The van der Waals surface area contributed by atoms with Gasteiger partial charge in [0.05, 0.1) is 0 Å². The molecule has 2 aromatic rings. The first-order chi connectivity index (χ1) is 12.3. The number of hydrogen-bond donors (Lipinski definition) is 4. The number of amides is 2. The van der Waals surface area contributed by atoms with Crippen LogP contribution in [-0.2, 0) is 4.79 Å². The van der Waals surface area contributed by atoms with E-state index in [1.54, 1.807) is 6.07 Å². The summed E-state index contributed by atoms with van der Waals surface area (Å²) in [6.07, 6.45) is 0. The highest BCUT2D eigenvalue weighted by Crippen LogP contribution is 2.21. The van der Waals surface area contributed by atoms with Gasteiger partial charge in [-0.15, -0.1) is 0 Å². The highest BCUT2D eigenvalue weighted by Gasteiger charge is 2.09. The number of carbonyl (C=O) groups excluding carboxylic acids is 2. The number of aromatic hydroxyl groups is 1. The zero-order chi connectivity index (χ0) is 19.1. The molecule has 7 nitrogen and oxygen atoms in total. The van der Waals surface area contributed by atoms with Crippen molar-refractivity contribution in [3.63, 3.8) is 0 Å². The van der Waals surface area contributed by atoms with Crippen LogP contribution in [0.3, 0.4) is 0 Å². The molecule has 0 bridgehead atoms. The minimum absolute atomic E-state index is 0.0540. The predicted octanol–water partition coefficient (Wildman–Crippen LogP) is 2.18. The van der Waals surface area contributed by atoms with Gasteiger partial charge in [0, 0.05) is 10.0 Å². The van der Waals surface area contributed by atoms with Gasteiger partial charge in [0.15, 0.2) is 11.7 Å². The molecule has 26 heavy (non-hydrogen) atoms. The van der Waals surface area contributed by atoms with Crippen molar-refractivity contribution in [3.8, 4) is 11.5 Å². The maximum Gasteiger partial charge on any atom is 0.269 e. The van der Waals surface area contributed by atoms with E-state index in [1.165, 1.54) is 24.3 Å². The molecule has 0 atom stereocenters. The maximum atomic E-state index is 11.9. The number of nitrogens with one attached hydrogen (secondary N) is 3. The number of halogens is 1. The number of phenolic OH excluding ortho intramolecular Hbond substituents is 1. The monoisotopic (exact) mass is 437 g/mol. The van der Waals surface area contributed by atoms with Crippen molar-refractivity contribution < 1.29 is 19.4 Å². The topological polar surface area (TPSA) is 99.7 Å². The van der Waals surface area contributed by atoms with E-state index in [1.807, 2.05) is 19.1 Å². The number of hydrogen-bond acceptors (Lipinski definition) is 5. The van der Waals surface area contributed by atoms with Crippen LogP contribution < -0.4 is 20.9 Å². The molecule has 0 fully saturated rings. The number of aryl methyl sites for hydroxylation is 1. The summed E-state index contributed by atoms with van der Waals surface area (Å²) in [4.78, 5) is 23.7. The van der Waals surface area contributed by atoms with E-state index in [2.05, 4.69) is 32.1 Å². The molecular weight excluding hydrogens is 422 g/mol. The summed E-state index contributed by atoms with van der Waals surface area (Å²) in [5, 5.41) is 11.5. The van der Waals surface area contributed by atoms with Crippen molar-refractivity contribution >= 4 is 45.1 Å². The van der Waals surface area contributed by atoms with Gasteiger partial charge in [0.2, 0.25) is 0 Å². The second-order valence-corrected chi connectivity index (χ2v) is 6.53. The number of carbonyl (C=O) groups is 2. The lowest BCUT2D eigenvalue weighted by atomic mass is 10.2. The van der Waals surface area contributed by atoms with E-state index < -0.39 is 11.8 Å². The van der Waals surface area contributed by atoms with Crippen LogP contribution in [0.15, 0.2) is 46.9 Å². The van der Waals surface area contributed by atoms with Gasteiger partial charge in [-0.3, -0.25) is 25.8 Å². The van der Waals surface area contributed by atoms with Crippen molar-refractivity contribution in [2.45, 2.75) is 6.92 Å². The molecule has 9 heteroatoms. The summed E-state index contributed by atoms with van der Waals surface area (Å²) in [7, 11) is 0. The Morgan fingerprint density at radius 3 is 2.50 bits per heavy atom. The maximum absolute atomic E-state index is 11.9. The SMILES string of the molecule is Cc1cc(Br)ccc1OCC(=O)NC(=S)NNC(=O)c1ccc(O)cc1. The molecule has 0 saturated heterocycles. The Morgan fingerprint density at radius 2 is 1.85 bits per heavy atom. The summed E-state index contributed by atoms with van der Waals surface area (Å²) < 4.78 is 6.35. The summed E-state index contributed by atoms with van der Waals surface area (Å²) in [5.74, 6) is -0.298. The fourth-order valence-electron chi connectivity index (χ4n) is 1.91. The van der Waals surface area contributed by atoms with Gasteiger partial charge in [-0.05, 0) is 67.2 Å². The van der Waals surface area contributed by atoms with Crippen molar-refractivity contribution in [1.29, 1.82) is 0 Å². The summed E-state index contributed by atoms with van der Waals surface area (Å²) in [5.41, 5.74) is 5.96. The summed E-state index contributed by atoms with van der Waals surface area (Å²) >= 11 is 8.28. The molecule has 0 aromatic heterocycles. The molecule has 2 aromatic carbocycles. The zero-order valence-electron chi connectivity index (χ0n) is 13.7. The normalized spacial score (nSPS) is 9.92. The van der Waals surface area contributed by atoms with Crippen LogP contribution in [0.25, 0.3) is 0 Å². The Balaban J connectivity index is 1.75. The van der Waals surface area contributed by atoms with Crippen molar-refractivity contribution in [2.75, 3.05) is 6.61 Å². The Hall–Kier alpha value is -2.65.